The summed E-state index contributed by atoms with van der Waals surface area (Å²) in [5.74, 6) is -1.95. The lowest BCUT2D eigenvalue weighted by Gasteiger charge is -2.09. The molecule has 0 aliphatic carbocycles. The second kappa shape index (κ2) is 3.99. The molecule has 0 unspecified atom stereocenters. The number of pyridine rings is 1. The molecule has 0 atom stereocenters. The van der Waals surface area contributed by atoms with Gasteiger partial charge in [0.05, 0.1) is 5.52 Å². The van der Waals surface area contributed by atoms with E-state index >= 15 is 0 Å². The third kappa shape index (κ3) is 1.64. The number of rotatable bonds is 1. The summed E-state index contributed by atoms with van der Waals surface area (Å²) in [7, 11) is 0. The number of hydrogen-bond acceptors (Lipinski definition) is 4. The predicted octanol–water partition coefficient (Wildman–Crippen LogP) is 0.942. The Bertz CT molecular complexity index is 731. The maximum atomic E-state index is 11.9. The molecule has 0 saturated carbocycles. The monoisotopic (exact) mass is 246 g/mol. The van der Waals surface area contributed by atoms with Crippen LogP contribution in [0.25, 0.3) is 10.9 Å². The molecule has 0 aliphatic rings. The average Bonchev–Trinajstić information content (AvgIpc) is 2.27. The Morgan fingerprint density at radius 1 is 1.33 bits per heavy atom. The Morgan fingerprint density at radius 2 is 2.00 bits per heavy atom. The molecule has 18 heavy (non-hydrogen) atoms. The van der Waals surface area contributed by atoms with Crippen molar-refractivity contribution in [2.45, 2.75) is 6.92 Å². The standard InChI is InChI=1S/C12H10N2O4/c1-6(15)14-10-4-2-3-9(13)7(10)5-8(11(14)16)12(17)18/h2-5H,13H2,1H3,(H,17,18). The molecule has 1 heterocycles. The van der Waals surface area contributed by atoms with Crippen LogP contribution < -0.4 is 11.3 Å². The van der Waals surface area contributed by atoms with Gasteiger partial charge in [-0.25, -0.2) is 9.36 Å². The van der Waals surface area contributed by atoms with Crippen LogP contribution in [0.15, 0.2) is 29.1 Å². The first-order valence-corrected chi connectivity index (χ1v) is 5.12. The highest BCUT2D eigenvalue weighted by atomic mass is 16.4. The van der Waals surface area contributed by atoms with E-state index in [9.17, 15) is 14.4 Å². The van der Waals surface area contributed by atoms with Gasteiger partial charge in [-0.3, -0.25) is 9.59 Å². The molecule has 6 nitrogen and oxygen atoms in total. The van der Waals surface area contributed by atoms with Gasteiger partial charge in [-0.15, -0.1) is 0 Å². The molecule has 6 heteroatoms. The van der Waals surface area contributed by atoms with E-state index in [0.717, 1.165) is 4.57 Å². The maximum absolute atomic E-state index is 11.9. The molecule has 0 saturated heterocycles. The molecule has 0 bridgehead atoms. The fourth-order valence-electron chi connectivity index (χ4n) is 1.82. The number of carboxylic acids is 1. The summed E-state index contributed by atoms with van der Waals surface area (Å²) in [6.07, 6.45) is 0. The fourth-order valence-corrected chi connectivity index (χ4v) is 1.82. The van der Waals surface area contributed by atoms with Crippen LogP contribution >= 0.6 is 0 Å². The van der Waals surface area contributed by atoms with Crippen molar-refractivity contribution in [2.75, 3.05) is 5.73 Å². The first-order chi connectivity index (χ1) is 8.43. The van der Waals surface area contributed by atoms with Crippen molar-refractivity contribution in [1.82, 2.24) is 4.57 Å². The number of fused-ring (bicyclic) bond motifs is 1. The molecular formula is C12H10N2O4. The van der Waals surface area contributed by atoms with Gasteiger partial charge in [-0.2, -0.15) is 0 Å². The highest BCUT2D eigenvalue weighted by molar-refractivity contribution is 6.00. The number of aromatic carboxylic acids is 1. The molecule has 2 rings (SSSR count). The molecule has 0 radical (unpaired) electrons. The number of aromatic nitrogens is 1. The lowest BCUT2D eigenvalue weighted by molar-refractivity contribution is 0.0695. The summed E-state index contributed by atoms with van der Waals surface area (Å²) >= 11 is 0. The number of anilines is 1. The lowest BCUT2D eigenvalue weighted by Crippen LogP contribution is -2.30. The van der Waals surface area contributed by atoms with Gasteiger partial charge in [0.1, 0.15) is 5.56 Å². The van der Waals surface area contributed by atoms with E-state index in [1.807, 2.05) is 0 Å². The van der Waals surface area contributed by atoms with Crippen molar-refractivity contribution in [3.63, 3.8) is 0 Å². The van der Waals surface area contributed by atoms with Crippen LogP contribution in [0.4, 0.5) is 5.69 Å². The first kappa shape index (κ1) is 11.8. The topological polar surface area (TPSA) is 102 Å². The number of nitrogens with zero attached hydrogens (tertiary/aromatic N) is 1. The zero-order chi connectivity index (χ0) is 13.4. The SMILES string of the molecule is CC(=O)n1c(=O)c(C(=O)O)cc2c(N)cccc21. The molecule has 1 aromatic heterocycles. The number of nitrogen functional groups attached to an aromatic ring is 1. The van der Waals surface area contributed by atoms with E-state index in [1.54, 1.807) is 18.2 Å². The number of carbonyl (C=O) groups is 2. The quantitative estimate of drug-likeness (QED) is 0.729. The van der Waals surface area contributed by atoms with Gasteiger partial charge in [0.25, 0.3) is 5.56 Å². The fraction of sp³-hybridized carbons (Fsp3) is 0.0833. The van der Waals surface area contributed by atoms with Gasteiger partial charge in [-0.05, 0) is 18.2 Å². The number of carboxylic acid groups (broad SMARTS) is 1. The van der Waals surface area contributed by atoms with Crippen molar-refractivity contribution >= 4 is 28.5 Å². The number of hydrogen-bond donors (Lipinski definition) is 2. The molecule has 0 spiro atoms. The Labute approximate surface area is 101 Å². The maximum Gasteiger partial charge on any atom is 0.341 e. The van der Waals surface area contributed by atoms with Crippen molar-refractivity contribution in [3.8, 4) is 0 Å². The van der Waals surface area contributed by atoms with Gasteiger partial charge in [0, 0.05) is 18.0 Å². The van der Waals surface area contributed by atoms with Crippen LogP contribution in [-0.2, 0) is 0 Å². The second-order valence-corrected chi connectivity index (χ2v) is 3.80. The van der Waals surface area contributed by atoms with Crippen molar-refractivity contribution in [2.24, 2.45) is 0 Å². The molecule has 1 aromatic carbocycles. The van der Waals surface area contributed by atoms with Crippen LogP contribution in [0.2, 0.25) is 0 Å². The average molecular weight is 246 g/mol. The molecule has 0 fully saturated rings. The summed E-state index contributed by atoms with van der Waals surface area (Å²) < 4.78 is 0.815. The number of nitrogens with two attached hydrogens (primary N) is 1. The largest absolute Gasteiger partial charge is 0.477 e. The summed E-state index contributed by atoms with van der Waals surface area (Å²) in [5.41, 5.74) is 5.01. The van der Waals surface area contributed by atoms with E-state index in [0.29, 0.717) is 16.6 Å². The number of benzene rings is 1. The Kier molecular flexibility index (Phi) is 2.63. The summed E-state index contributed by atoms with van der Waals surface area (Å²) in [6, 6.07) is 5.90. The van der Waals surface area contributed by atoms with E-state index in [4.69, 9.17) is 10.8 Å². The summed E-state index contributed by atoms with van der Waals surface area (Å²) in [5, 5.41) is 9.32. The zero-order valence-corrected chi connectivity index (χ0v) is 9.51. The first-order valence-electron chi connectivity index (χ1n) is 5.12. The van der Waals surface area contributed by atoms with Crippen LogP contribution in [-0.4, -0.2) is 21.6 Å². The highest BCUT2D eigenvalue weighted by Crippen LogP contribution is 2.20. The minimum absolute atomic E-state index is 0.303. The predicted molar refractivity (Wildman–Crippen MR) is 65.9 cm³/mol. The normalized spacial score (nSPS) is 10.5. The zero-order valence-electron chi connectivity index (χ0n) is 9.51. The third-order valence-corrected chi connectivity index (χ3v) is 2.63. The van der Waals surface area contributed by atoms with Crippen molar-refractivity contribution in [1.29, 1.82) is 0 Å². The Hall–Kier alpha value is -2.63. The van der Waals surface area contributed by atoms with Crippen molar-refractivity contribution < 1.29 is 14.7 Å². The minimum Gasteiger partial charge on any atom is -0.477 e. The molecule has 92 valence electrons. The summed E-state index contributed by atoms with van der Waals surface area (Å²) in [4.78, 5) is 34.4. The van der Waals surface area contributed by atoms with E-state index < -0.39 is 23.0 Å². The minimum atomic E-state index is -1.39. The van der Waals surface area contributed by atoms with Crippen LogP contribution in [0, 0.1) is 0 Å². The molecule has 0 aliphatic heterocycles. The Balaban J connectivity index is 3.07. The van der Waals surface area contributed by atoms with E-state index in [-0.39, 0.29) is 0 Å². The third-order valence-electron chi connectivity index (χ3n) is 2.63. The van der Waals surface area contributed by atoms with E-state index in [2.05, 4.69) is 0 Å². The van der Waals surface area contributed by atoms with Gasteiger partial charge in [-0.1, -0.05) is 6.07 Å². The molecular weight excluding hydrogens is 236 g/mol. The molecule has 2 aromatic rings. The van der Waals surface area contributed by atoms with Crippen molar-refractivity contribution in [3.05, 3.63) is 40.2 Å². The Morgan fingerprint density at radius 3 is 2.56 bits per heavy atom. The highest BCUT2D eigenvalue weighted by Gasteiger charge is 2.17. The lowest BCUT2D eigenvalue weighted by atomic mass is 10.1. The van der Waals surface area contributed by atoms with Gasteiger partial charge < -0.3 is 10.8 Å². The number of carbonyl (C=O) groups excluding carboxylic acids is 1. The second-order valence-electron chi connectivity index (χ2n) is 3.80. The summed E-state index contributed by atoms with van der Waals surface area (Å²) in [6.45, 7) is 1.19. The van der Waals surface area contributed by atoms with Crippen LogP contribution in [0.5, 0.6) is 0 Å². The van der Waals surface area contributed by atoms with Crippen LogP contribution in [0.1, 0.15) is 22.1 Å². The van der Waals surface area contributed by atoms with Crippen LogP contribution in [0.3, 0.4) is 0 Å². The van der Waals surface area contributed by atoms with E-state index in [1.165, 1.54) is 13.0 Å². The molecule has 3 N–H and O–H groups in total. The van der Waals surface area contributed by atoms with Gasteiger partial charge in [0.2, 0.25) is 5.91 Å². The van der Waals surface area contributed by atoms with Gasteiger partial charge in [0.15, 0.2) is 0 Å². The molecule has 0 amide bonds. The smallest absolute Gasteiger partial charge is 0.341 e. The van der Waals surface area contributed by atoms with Gasteiger partial charge >= 0.3 is 5.97 Å².